The molecule has 25 heavy (non-hydrogen) atoms. The van der Waals surface area contributed by atoms with Crippen molar-refractivity contribution < 1.29 is 9.47 Å². The standard InChI is InChI=1S/C20H27N3O2/c1-3-25-17-6-7-18(19(21)13-17)15-8-11-23(12-9-15)14-16-5-4-10-22-20(16)24-2/h4-7,10,13,15H,3,8-9,11-12,14,21H2,1-2H3. The van der Waals surface area contributed by atoms with E-state index in [4.69, 9.17) is 15.2 Å². The van der Waals surface area contributed by atoms with E-state index in [1.165, 1.54) is 5.56 Å². The molecule has 1 aromatic heterocycles. The zero-order chi connectivity index (χ0) is 17.6. The van der Waals surface area contributed by atoms with Gasteiger partial charge in [0.1, 0.15) is 5.75 Å². The maximum atomic E-state index is 6.26. The number of nitrogens with zero attached hydrogens (tertiary/aromatic N) is 2. The van der Waals surface area contributed by atoms with Crippen molar-refractivity contribution in [2.75, 3.05) is 32.5 Å². The van der Waals surface area contributed by atoms with Crippen LogP contribution in [0.2, 0.25) is 0 Å². The number of methoxy groups -OCH3 is 1. The molecule has 1 fully saturated rings. The highest BCUT2D eigenvalue weighted by molar-refractivity contribution is 5.53. The zero-order valence-electron chi connectivity index (χ0n) is 15.1. The summed E-state index contributed by atoms with van der Waals surface area (Å²) in [7, 11) is 1.67. The fraction of sp³-hybridized carbons (Fsp3) is 0.450. The summed E-state index contributed by atoms with van der Waals surface area (Å²) in [5.74, 6) is 2.09. The first-order valence-electron chi connectivity index (χ1n) is 8.93. The van der Waals surface area contributed by atoms with Crippen LogP contribution >= 0.6 is 0 Å². The molecule has 2 heterocycles. The van der Waals surface area contributed by atoms with Crippen molar-refractivity contribution in [2.24, 2.45) is 0 Å². The molecular weight excluding hydrogens is 314 g/mol. The zero-order valence-corrected chi connectivity index (χ0v) is 15.1. The number of hydrogen-bond donors (Lipinski definition) is 1. The number of piperidine rings is 1. The average molecular weight is 341 g/mol. The molecule has 0 saturated carbocycles. The van der Waals surface area contributed by atoms with E-state index in [1.807, 2.05) is 25.1 Å². The lowest BCUT2D eigenvalue weighted by Crippen LogP contribution is -2.32. The van der Waals surface area contributed by atoms with Gasteiger partial charge in [-0.05, 0) is 56.5 Å². The largest absolute Gasteiger partial charge is 0.494 e. The van der Waals surface area contributed by atoms with Crippen molar-refractivity contribution in [1.29, 1.82) is 0 Å². The first-order valence-corrected chi connectivity index (χ1v) is 8.93. The second kappa shape index (κ2) is 8.21. The van der Waals surface area contributed by atoms with Crippen LogP contribution in [0, 0.1) is 0 Å². The molecule has 3 rings (SSSR count). The summed E-state index contributed by atoms with van der Waals surface area (Å²) in [6.45, 7) is 5.62. The Hall–Kier alpha value is -2.27. The van der Waals surface area contributed by atoms with Crippen LogP contribution in [-0.2, 0) is 6.54 Å². The molecule has 1 aromatic carbocycles. The lowest BCUT2D eigenvalue weighted by molar-refractivity contribution is 0.202. The summed E-state index contributed by atoms with van der Waals surface area (Å²) in [6.07, 6.45) is 3.99. The molecule has 5 nitrogen and oxygen atoms in total. The molecular formula is C20H27N3O2. The minimum atomic E-state index is 0.516. The quantitative estimate of drug-likeness (QED) is 0.816. The van der Waals surface area contributed by atoms with Crippen molar-refractivity contribution >= 4 is 5.69 Å². The normalized spacial score (nSPS) is 15.9. The number of benzene rings is 1. The van der Waals surface area contributed by atoms with Gasteiger partial charge in [-0.3, -0.25) is 4.90 Å². The van der Waals surface area contributed by atoms with Crippen molar-refractivity contribution in [2.45, 2.75) is 32.2 Å². The molecule has 1 aliphatic rings. The summed E-state index contributed by atoms with van der Waals surface area (Å²) in [4.78, 5) is 6.74. The number of anilines is 1. The summed E-state index contributed by atoms with van der Waals surface area (Å²) in [5, 5.41) is 0. The lowest BCUT2D eigenvalue weighted by atomic mass is 9.88. The van der Waals surface area contributed by atoms with Crippen LogP contribution in [0.5, 0.6) is 11.6 Å². The van der Waals surface area contributed by atoms with E-state index >= 15 is 0 Å². The molecule has 0 radical (unpaired) electrons. The number of pyridine rings is 1. The molecule has 134 valence electrons. The van der Waals surface area contributed by atoms with Gasteiger partial charge in [0.15, 0.2) is 0 Å². The average Bonchev–Trinajstić information content (AvgIpc) is 2.63. The molecule has 2 aromatic rings. The topological polar surface area (TPSA) is 60.6 Å². The fourth-order valence-electron chi connectivity index (χ4n) is 3.55. The Labute approximate surface area is 149 Å². The number of ether oxygens (including phenoxy) is 2. The van der Waals surface area contributed by atoms with Gasteiger partial charge >= 0.3 is 0 Å². The smallest absolute Gasteiger partial charge is 0.217 e. The maximum absolute atomic E-state index is 6.26. The highest BCUT2D eigenvalue weighted by Crippen LogP contribution is 2.34. The number of rotatable bonds is 6. The Morgan fingerprint density at radius 1 is 1.24 bits per heavy atom. The molecule has 1 saturated heterocycles. The second-order valence-corrected chi connectivity index (χ2v) is 6.45. The molecule has 0 amide bonds. The second-order valence-electron chi connectivity index (χ2n) is 6.45. The minimum Gasteiger partial charge on any atom is -0.494 e. The minimum absolute atomic E-state index is 0.516. The first kappa shape index (κ1) is 17.5. The SMILES string of the molecule is CCOc1ccc(C2CCN(Cc3cccnc3OC)CC2)c(N)c1. The molecule has 1 aliphatic heterocycles. The van der Waals surface area contributed by atoms with E-state index in [0.717, 1.165) is 55.4 Å². The van der Waals surface area contributed by atoms with E-state index in [2.05, 4.69) is 22.0 Å². The van der Waals surface area contributed by atoms with Crippen LogP contribution in [0.25, 0.3) is 0 Å². The Kier molecular flexibility index (Phi) is 5.76. The number of nitrogens with two attached hydrogens (primary N) is 1. The molecule has 0 atom stereocenters. The van der Waals surface area contributed by atoms with E-state index in [1.54, 1.807) is 13.3 Å². The van der Waals surface area contributed by atoms with E-state index in [9.17, 15) is 0 Å². The maximum Gasteiger partial charge on any atom is 0.217 e. The lowest BCUT2D eigenvalue weighted by Gasteiger charge is -2.32. The molecule has 0 unspecified atom stereocenters. The van der Waals surface area contributed by atoms with Crippen molar-refractivity contribution in [3.8, 4) is 11.6 Å². The van der Waals surface area contributed by atoms with Crippen molar-refractivity contribution in [3.05, 3.63) is 47.7 Å². The molecule has 0 bridgehead atoms. The monoisotopic (exact) mass is 341 g/mol. The highest BCUT2D eigenvalue weighted by atomic mass is 16.5. The number of hydrogen-bond acceptors (Lipinski definition) is 5. The van der Waals surface area contributed by atoms with Gasteiger partial charge in [-0.15, -0.1) is 0 Å². The van der Waals surface area contributed by atoms with Gasteiger partial charge in [0, 0.05) is 30.1 Å². The Bertz CT molecular complexity index is 697. The van der Waals surface area contributed by atoms with E-state index in [-0.39, 0.29) is 0 Å². The summed E-state index contributed by atoms with van der Waals surface area (Å²) in [6, 6.07) is 10.2. The Morgan fingerprint density at radius 3 is 2.72 bits per heavy atom. The van der Waals surface area contributed by atoms with E-state index < -0.39 is 0 Å². The van der Waals surface area contributed by atoms with Crippen LogP contribution in [0.1, 0.15) is 36.8 Å². The molecule has 5 heteroatoms. The van der Waals surface area contributed by atoms with Crippen molar-refractivity contribution in [1.82, 2.24) is 9.88 Å². The number of nitrogen functional groups attached to an aromatic ring is 1. The van der Waals surface area contributed by atoms with Crippen LogP contribution < -0.4 is 15.2 Å². The van der Waals surface area contributed by atoms with Crippen LogP contribution in [0.3, 0.4) is 0 Å². The van der Waals surface area contributed by atoms with Crippen molar-refractivity contribution in [3.63, 3.8) is 0 Å². The predicted molar refractivity (Wildman–Crippen MR) is 100 cm³/mol. The van der Waals surface area contributed by atoms with Gasteiger partial charge in [-0.1, -0.05) is 12.1 Å². The van der Waals surface area contributed by atoms with Crippen LogP contribution in [0.4, 0.5) is 5.69 Å². The third-order valence-corrected chi connectivity index (χ3v) is 4.83. The summed E-state index contributed by atoms with van der Waals surface area (Å²) >= 11 is 0. The van der Waals surface area contributed by atoms with Crippen LogP contribution in [-0.4, -0.2) is 36.7 Å². The summed E-state index contributed by atoms with van der Waals surface area (Å²) in [5.41, 5.74) is 9.50. The van der Waals surface area contributed by atoms with Crippen LogP contribution in [0.15, 0.2) is 36.5 Å². The third kappa shape index (κ3) is 4.23. The van der Waals surface area contributed by atoms with Gasteiger partial charge in [-0.2, -0.15) is 0 Å². The first-order chi connectivity index (χ1) is 12.2. The molecule has 2 N–H and O–H groups in total. The van der Waals surface area contributed by atoms with Gasteiger partial charge in [0.05, 0.1) is 13.7 Å². The fourth-order valence-corrected chi connectivity index (χ4v) is 3.55. The summed E-state index contributed by atoms with van der Waals surface area (Å²) < 4.78 is 10.9. The van der Waals surface area contributed by atoms with Gasteiger partial charge in [0.25, 0.3) is 0 Å². The number of likely N-dealkylation sites (tertiary alicyclic amines) is 1. The third-order valence-electron chi connectivity index (χ3n) is 4.83. The highest BCUT2D eigenvalue weighted by Gasteiger charge is 2.23. The predicted octanol–water partition coefficient (Wildman–Crippen LogP) is 3.45. The Balaban J connectivity index is 1.60. The van der Waals surface area contributed by atoms with Gasteiger partial charge in [0.2, 0.25) is 5.88 Å². The van der Waals surface area contributed by atoms with Gasteiger partial charge < -0.3 is 15.2 Å². The van der Waals surface area contributed by atoms with Gasteiger partial charge in [-0.25, -0.2) is 4.98 Å². The van der Waals surface area contributed by atoms with E-state index in [0.29, 0.717) is 12.5 Å². The Morgan fingerprint density at radius 2 is 2.04 bits per heavy atom. The molecule has 0 spiro atoms. The number of aromatic nitrogens is 1. The molecule has 0 aliphatic carbocycles.